The topological polar surface area (TPSA) is 248 Å². The predicted octanol–water partition coefficient (Wildman–Crippen LogP) is 2.00. The molecule has 0 unspecified atom stereocenters. The third-order valence-corrected chi connectivity index (χ3v) is 13.6. The van der Waals surface area contributed by atoms with Gasteiger partial charge in [-0.2, -0.15) is 4.58 Å². The van der Waals surface area contributed by atoms with Crippen LogP contribution < -0.4 is 56.3 Å². The fourth-order valence-corrected chi connectivity index (χ4v) is 9.50. The second-order valence-corrected chi connectivity index (χ2v) is 20.0. The van der Waals surface area contributed by atoms with Gasteiger partial charge in [-0.3, -0.25) is 19.2 Å². The van der Waals surface area contributed by atoms with Crippen molar-refractivity contribution in [2.24, 2.45) is 0 Å². The Bertz CT molecular complexity index is 2640. The van der Waals surface area contributed by atoms with Crippen LogP contribution in [0.3, 0.4) is 0 Å². The number of hydrogen-bond donors (Lipinski definition) is 0. The number of allylic oxidation sites excluding steroid dienone is 6. The van der Waals surface area contributed by atoms with Crippen molar-refractivity contribution in [3.8, 4) is 0 Å². The minimum absolute atomic E-state index is 0. The fraction of sp³-hybridized carbons (Fsp3) is 0.444. The molecule has 6 rings (SSSR count). The molecule has 0 spiro atoms. The third kappa shape index (κ3) is 11.9. The van der Waals surface area contributed by atoms with Crippen LogP contribution >= 0.6 is 0 Å². The molecule has 21 heteroatoms. The van der Waals surface area contributed by atoms with Gasteiger partial charge in [0.15, 0.2) is 5.71 Å². The van der Waals surface area contributed by atoms with E-state index in [1.165, 1.54) is 24.3 Å². The van der Waals surface area contributed by atoms with Crippen molar-refractivity contribution in [1.29, 1.82) is 0 Å². The molecule has 0 saturated carbocycles. The zero-order valence-electron chi connectivity index (χ0n) is 37.6. The zero-order valence-corrected chi connectivity index (χ0v) is 42.3. The number of amides is 4. The van der Waals surface area contributed by atoms with E-state index in [1.807, 2.05) is 61.5 Å². The number of rotatable bonds is 19. The van der Waals surface area contributed by atoms with Gasteiger partial charge in [-0.15, -0.1) is 10.1 Å². The van der Waals surface area contributed by atoms with Crippen LogP contribution in [0.25, 0.3) is 0 Å². The number of imide groups is 2. The summed E-state index contributed by atoms with van der Waals surface area (Å²) < 4.78 is 74.2. The van der Waals surface area contributed by atoms with E-state index in [-0.39, 0.29) is 99.7 Å². The summed E-state index contributed by atoms with van der Waals surface area (Å²) in [6.45, 7) is 8.60. The van der Waals surface area contributed by atoms with Crippen LogP contribution in [0.4, 0.5) is 11.4 Å². The number of unbranched alkanes of at least 4 members (excludes halogenated alkanes) is 4. The zero-order chi connectivity index (χ0) is 47.5. The van der Waals surface area contributed by atoms with Crippen molar-refractivity contribution in [2.75, 3.05) is 18.0 Å². The number of nitrogens with zero attached hydrogens (tertiary/aromatic N) is 4. The molecule has 348 valence electrons. The monoisotopic (exact) mass is 974 g/mol. The first-order valence-corrected chi connectivity index (χ1v) is 24.2. The van der Waals surface area contributed by atoms with E-state index in [2.05, 4.69) is 0 Å². The first-order valence-electron chi connectivity index (χ1n) is 21.3. The van der Waals surface area contributed by atoms with Crippen molar-refractivity contribution < 1.29 is 120 Å². The third-order valence-electron chi connectivity index (χ3n) is 12.0. The maximum absolute atomic E-state index is 12.3. The molecule has 0 aliphatic carbocycles. The Morgan fingerprint density at radius 3 is 1.70 bits per heavy atom. The Morgan fingerprint density at radius 1 is 0.667 bits per heavy atom. The van der Waals surface area contributed by atoms with Crippen molar-refractivity contribution >= 4 is 72.9 Å². The summed E-state index contributed by atoms with van der Waals surface area (Å²) in [5, 5.41) is 1.04. The number of carbonyl (C=O) groups is 6. The van der Waals surface area contributed by atoms with Gasteiger partial charge >= 0.3 is 63.3 Å². The summed E-state index contributed by atoms with van der Waals surface area (Å²) in [6.07, 6.45) is 12.4. The SMILES string of the molecule is CC1(C)C(/C=C/C=C/C=C2/N(CCCCCC(=O)ON3C(=O)CCC3=O)c3ccc(S(=O)(=O)[O-])cc3C2(C)C)=[N+](CCCCCC(=O)ON2C(=O)CCC2=O)c2ccc(S(=O)(=O)[O-])cc21.[K+]. The molecule has 0 radical (unpaired) electrons. The summed E-state index contributed by atoms with van der Waals surface area (Å²) in [7, 11) is -9.49. The molecule has 0 N–H and O–H groups in total. The first-order chi connectivity index (χ1) is 30.5. The van der Waals surface area contributed by atoms with Crippen LogP contribution in [0.2, 0.25) is 0 Å². The molecule has 2 fully saturated rings. The van der Waals surface area contributed by atoms with Gasteiger partial charge in [-0.1, -0.05) is 38.5 Å². The van der Waals surface area contributed by atoms with Crippen molar-refractivity contribution in [3.63, 3.8) is 0 Å². The standard InChI is InChI=1S/C45H52N4O14S2.K/c1-44(2)32-28-30(64(56,57)58)18-20-34(32)46(26-12-6-10-16-42(54)62-48-38(50)22-23-39(48)51)36(44)14-8-5-9-15-37-45(3,4)33-29-31(65(59,60)61)19-21-35(33)47(37)27-13-7-11-17-43(55)63-49-40(52)24-25-41(49)53;/h5,8-9,14-15,18-21,28-29H,6-7,10-13,16-17,22-27H2,1-4H3,(H-,56,57,58,59,60,61);/q;+1/p-1. The molecule has 4 aliphatic heterocycles. The number of carbonyl (C=O) groups excluding carboxylic acids is 6. The number of hydroxylamine groups is 4. The Morgan fingerprint density at radius 2 is 1.17 bits per heavy atom. The molecule has 2 saturated heterocycles. The number of fused-ring (bicyclic) bond motifs is 2. The minimum atomic E-state index is -4.75. The summed E-state index contributed by atoms with van der Waals surface area (Å²) >= 11 is 0. The van der Waals surface area contributed by atoms with Gasteiger partial charge in [-0.05, 0) is 81.5 Å². The Kier molecular flexibility index (Phi) is 17.1. The second kappa shape index (κ2) is 21.4. The van der Waals surface area contributed by atoms with E-state index in [0.717, 1.165) is 11.4 Å². The van der Waals surface area contributed by atoms with Gasteiger partial charge in [-0.25, -0.2) is 26.4 Å². The van der Waals surface area contributed by atoms with Gasteiger partial charge in [0.1, 0.15) is 26.8 Å². The van der Waals surface area contributed by atoms with Gasteiger partial charge in [0.05, 0.1) is 15.2 Å². The smallest absolute Gasteiger partial charge is 0.744 e. The minimum Gasteiger partial charge on any atom is -0.744 e. The van der Waals surface area contributed by atoms with Gasteiger partial charge in [0, 0.05) is 86.0 Å². The summed E-state index contributed by atoms with van der Waals surface area (Å²) in [5.41, 5.74) is 2.82. The van der Waals surface area contributed by atoms with Crippen LogP contribution in [0.15, 0.2) is 82.3 Å². The van der Waals surface area contributed by atoms with E-state index in [4.69, 9.17) is 9.68 Å². The fourth-order valence-electron chi connectivity index (χ4n) is 8.50. The number of anilines is 1. The first kappa shape index (κ1) is 52.8. The van der Waals surface area contributed by atoms with Crippen LogP contribution in [0, 0.1) is 0 Å². The average Bonchev–Trinajstić information content (AvgIpc) is 3.86. The second-order valence-electron chi connectivity index (χ2n) is 17.2. The molecule has 66 heavy (non-hydrogen) atoms. The summed E-state index contributed by atoms with van der Waals surface area (Å²) in [5.74, 6) is -3.60. The maximum atomic E-state index is 12.3. The molecule has 4 amide bonds. The quantitative estimate of drug-likeness (QED) is 0.0488. The molecule has 18 nitrogen and oxygen atoms in total. The molecule has 2 aromatic rings. The van der Waals surface area contributed by atoms with Crippen LogP contribution in [-0.2, 0) is 69.5 Å². The Labute approximate surface area is 426 Å². The predicted molar refractivity (Wildman–Crippen MR) is 230 cm³/mol. The van der Waals surface area contributed by atoms with Crippen molar-refractivity contribution in [2.45, 2.75) is 125 Å². The van der Waals surface area contributed by atoms with Gasteiger partial charge < -0.3 is 23.7 Å². The van der Waals surface area contributed by atoms with Crippen LogP contribution in [0.5, 0.6) is 0 Å². The average molecular weight is 975 g/mol. The van der Waals surface area contributed by atoms with Crippen molar-refractivity contribution in [3.05, 3.63) is 83.6 Å². The van der Waals surface area contributed by atoms with E-state index in [1.54, 1.807) is 18.2 Å². The molecule has 4 aliphatic rings. The van der Waals surface area contributed by atoms with Crippen LogP contribution in [0.1, 0.15) is 116 Å². The Balaban J connectivity index is 0.00000817. The maximum Gasteiger partial charge on any atom is 1.00 e. The Hall–Kier alpha value is -4.19. The largest absolute Gasteiger partial charge is 1.00 e. The molecule has 0 aromatic heterocycles. The number of benzene rings is 2. The van der Waals surface area contributed by atoms with Crippen molar-refractivity contribution in [1.82, 2.24) is 10.1 Å². The molecule has 0 atom stereocenters. The summed E-state index contributed by atoms with van der Waals surface area (Å²) in [4.78, 5) is 83.2. The number of hydrogen-bond acceptors (Lipinski definition) is 15. The van der Waals surface area contributed by atoms with E-state index in [9.17, 15) is 54.7 Å². The van der Waals surface area contributed by atoms with E-state index in [0.29, 0.717) is 84.2 Å². The normalized spacial score (nSPS) is 18.6. The van der Waals surface area contributed by atoms with E-state index < -0.39 is 66.6 Å². The molecule has 2 aromatic carbocycles. The molecule has 0 bridgehead atoms. The van der Waals surface area contributed by atoms with Crippen LogP contribution in [-0.4, -0.2) is 95.0 Å². The molecular formula is C45H51KN4O14S2. The van der Waals surface area contributed by atoms with E-state index >= 15 is 0 Å². The van der Waals surface area contributed by atoms with Gasteiger partial charge in [0.25, 0.3) is 23.6 Å². The molecule has 4 heterocycles. The van der Waals surface area contributed by atoms with Gasteiger partial charge in [0.2, 0.25) is 5.69 Å². The molecular weight excluding hydrogens is 924 g/mol. The summed E-state index contributed by atoms with van der Waals surface area (Å²) in [6, 6.07) is 8.55.